The number of nitrogens with zero attached hydrogens (tertiary/aromatic N) is 2. The molecule has 39 heavy (non-hydrogen) atoms. The van der Waals surface area contributed by atoms with E-state index in [0.717, 1.165) is 11.1 Å². The Labute approximate surface area is 225 Å². The van der Waals surface area contributed by atoms with Gasteiger partial charge < -0.3 is 19.9 Å². The number of aromatic nitrogens is 3. The highest BCUT2D eigenvalue weighted by atomic mass is 19.1. The summed E-state index contributed by atoms with van der Waals surface area (Å²) in [6, 6.07) is 17.0. The van der Waals surface area contributed by atoms with Crippen LogP contribution < -0.4 is 10.1 Å². The zero-order chi connectivity index (χ0) is 28.0. The molecule has 3 N–H and O–H groups in total. The first kappa shape index (κ1) is 27.3. The average Bonchev–Trinajstić information content (AvgIpc) is 3.40. The summed E-state index contributed by atoms with van der Waals surface area (Å²) in [4.78, 5) is 28.2. The van der Waals surface area contributed by atoms with E-state index in [0.29, 0.717) is 16.8 Å². The van der Waals surface area contributed by atoms with Gasteiger partial charge in [-0.2, -0.15) is 5.10 Å². The van der Waals surface area contributed by atoms with Crippen LogP contribution in [0.1, 0.15) is 32.8 Å². The van der Waals surface area contributed by atoms with E-state index < -0.39 is 29.5 Å². The molecule has 2 aromatic carbocycles. The molecule has 0 fully saturated rings. The van der Waals surface area contributed by atoms with Crippen molar-refractivity contribution in [3.63, 3.8) is 0 Å². The van der Waals surface area contributed by atoms with Crippen molar-refractivity contribution in [2.75, 3.05) is 0 Å². The minimum Gasteiger partial charge on any atom is -0.481 e. The number of aliphatic carboxylic acids is 1. The Hall–Kier alpha value is -4.73. The van der Waals surface area contributed by atoms with E-state index in [1.165, 1.54) is 12.3 Å². The molecule has 0 spiro atoms. The fourth-order valence-electron chi connectivity index (χ4n) is 3.94. The Balaban J connectivity index is 1.66. The molecule has 0 bridgehead atoms. The Kier molecular flexibility index (Phi) is 8.24. The summed E-state index contributed by atoms with van der Waals surface area (Å²) in [5.41, 5.74) is 2.66. The lowest BCUT2D eigenvalue weighted by atomic mass is 9.97. The minimum atomic E-state index is -1.10. The number of amides is 1. The van der Waals surface area contributed by atoms with Gasteiger partial charge in [-0.25, -0.2) is 14.2 Å². The molecule has 1 unspecified atom stereocenters. The van der Waals surface area contributed by atoms with Gasteiger partial charge in [-0.15, -0.1) is 0 Å². The van der Waals surface area contributed by atoms with Crippen molar-refractivity contribution in [1.29, 1.82) is 0 Å². The molecule has 1 amide bonds. The van der Waals surface area contributed by atoms with Crippen molar-refractivity contribution in [3.05, 3.63) is 84.4 Å². The van der Waals surface area contributed by atoms with E-state index in [9.17, 15) is 19.1 Å². The summed E-state index contributed by atoms with van der Waals surface area (Å²) in [5, 5.41) is 18.8. The molecule has 9 nitrogen and oxygen atoms in total. The Morgan fingerprint density at radius 2 is 1.82 bits per heavy atom. The Bertz CT molecular complexity index is 1440. The van der Waals surface area contributed by atoms with Gasteiger partial charge >= 0.3 is 12.1 Å². The van der Waals surface area contributed by atoms with Gasteiger partial charge in [-0.3, -0.25) is 9.89 Å². The Morgan fingerprint density at radius 1 is 1.05 bits per heavy atom. The van der Waals surface area contributed by atoms with Crippen molar-refractivity contribution in [3.8, 4) is 34.0 Å². The van der Waals surface area contributed by atoms with Gasteiger partial charge in [-0.1, -0.05) is 36.4 Å². The number of ether oxygens (including phenoxy) is 2. The number of hydrogen-bond donors (Lipinski definition) is 3. The van der Waals surface area contributed by atoms with E-state index in [1.54, 1.807) is 39.1 Å². The molecule has 0 saturated heterocycles. The molecule has 10 heteroatoms. The number of aromatic amines is 1. The van der Waals surface area contributed by atoms with Gasteiger partial charge in [0.2, 0.25) is 0 Å². The predicted molar refractivity (Wildman–Crippen MR) is 143 cm³/mol. The molecule has 4 rings (SSSR count). The zero-order valence-electron chi connectivity index (χ0n) is 21.8. The number of nitrogens with one attached hydrogen (secondary N) is 2. The minimum absolute atomic E-state index is 0.0788. The molecule has 0 aliphatic rings. The molecular weight excluding hydrogens is 503 g/mol. The topological polar surface area (TPSA) is 126 Å². The zero-order valence-corrected chi connectivity index (χ0v) is 21.8. The van der Waals surface area contributed by atoms with E-state index in [-0.39, 0.29) is 24.5 Å². The highest BCUT2D eigenvalue weighted by Crippen LogP contribution is 2.32. The second kappa shape index (κ2) is 11.8. The summed E-state index contributed by atoms with van der Waals surface area (Å²) in [6.45, 7) is 5.15. The normalized spacial score (nSPS) is 12.0. The summed E-state index contributed by atoms with van der Waals surface area (Å²) < 4.78 is 26.2. The van der Waals surface area contributed by atoms with Crippen LogP contribution in [-0.2, 0) is 16.0 Å². The van der Waals surface area contributed by atoms with E-state index in [4.69, 9.17) is 9.47 Å². The van der Waals surface area contributed by atoms with E-state index in [2.05, 4.69) is 20.5 Å². The first-order chi connectivity index (χ1) is 18.6. The maximum atomic E-state index is 15.0. The third-order valence-electron chi connectivity index (χ3n) is 5.60. The number of pyridine rings is 1. The van der Waals surface area contributed by atoms with Crippen LogP contribution in [0.2, 0.25) is 0 Å². The summed E-state index contributed by atoms with van der Waals surface area (Å²) in [6.07, 6.45) is 1.99. The molecule has 0 aliphatic carbocycles. The number of alkyl carbamates (subject to hydrolysis) is 1. The van der Waals surface area contributed by atoms with Gasteiger partial charge in [0.1, 0.15) is 11.4 Å². The van der Waals surface area contributed by atoms with Gasteiger partial charge in [-0.05, 0) is 68.1 Å². The molecule has 202 valence electrons. The van der Waals surface area contributed by atoms with Crippen molar-refractivity contribution in [2.45, 2.75) is 45.3 Å². The number of halogens is 1. The number of H-pyrrole nitrogens is 1. The first-order valence-electron chi connectivity index (χ1n) is 12.3. The highest BCUT2D eigenvalue weighted by molar-refractivity contribution is 5.72. The molecule has 4 aromatic rings. The second-order valence-corrected chi connectivity index (χ2v) is 9.92. The molecule has 1 atom stereocenters. The maximum Gasteiger partial charge on any atom is 0.407 e. The first-order valence-corrected chi connectivity index (χ1v) is 12.3. The van der Waals surface area contributed by atoms with Crippen molar-refractivity contribution >= 4 is 12.1 Å². The van der Waals surface area contributed by atoms with Gasteiger partial charge in [0, 0.05) is 24.0 Å². The smallest absolute Gasteiger partial charge is 0.407 e. The van der Waals surface area contributed by atoms with Crippen LogP contribution in [0.25, 0.3) is 22.4 Å². The molecular formula is C29H29FN4O5. The van der Waals surface area contributed by atoms with Crippen LogP contribution in [0.4, 0.5) is 9.18 Å². The number of benzene rings is 2. The number of carbonyl (C=O) groups is 2. The molecule has 0 saturated carbocycles. The summed E-state index contributed by atoms with van der Waals surface area (Å²) >= 11 is 0. The number of rotatable bonds is 9. The number of carbonyl (C=O) groups excluding carboxylic acids is 1. The quantitative estimate of drug-likeness (QED) is 0.242. The van der Waals surface area contributed by atoms with Crippen molar-refractivity contribution in [2.24, 2.45) is 0 Å². The third kappa shape index (κ3) is 7.64. The third-order valence-corrected chi connectivity index (χ3v) is 5.60. The SMILES string of the molecule is CC(C)(C)OC(=O)NC(CC(=O)O)Cc1cc(-c2ccccc2)ccc1Oc1ncc(-c2ccn[nH]2)cc1F. The summed E-state index contributed by atoms with van der Waals surface area (Å²) in [5.74, 6) is -1.76. The average molecular weight is 533 g/mol. The predicted octanol–water partition coefficient (Wildman–Crippen LogP) is 5.98. The fourth-order valence-corrected chi connectivity index (χ4v) is 3.94. The standard InChI is InChI=1S/C29H29FN4O5/c1-29(2,3)39-28(37)33-22(16-26(35)36)14-20-13-19(18-7-5-4-6-8-18)9-10-25(20)38-27-23(30)15-21(17-31-27)24-11-12-32-34-24/h4-13,15,17,22H,14,16H2,1-3H3,(H,32,34)(H,33,37)(H,35,36). The number of carboxylic acid groups (broad SMARTS) is 1. The van der Waals surface area contributed by atoms with Crippen LogP contribution in [0.5, 0.6) is 11.6 Å². The number of hydrogen-bond acceptors (Lipinski definition) is 6. The van der Waals surface area contributed by atoms with Crippen LogP contribution in [0.15, 0.2) is 73.1 Å². The monoisotopic (exact) mass is 532 g/mol. The lowest BCUT2D eigenvalue weighted by molar-refractivity contribution is -0.137. The number of carboxylic acids is 1. The second-order valence-electron chi connectivity index (χ2n) is 9.92. The lowest BCUT2D eigenvalue weighted by Gasteiger charge is -2.24. The van der Waals surface area contributed by atoms with Crippen LogP contribution >= 0.6 is 0 Å². The van der Waals surface area contributed by atoms with Crippen molar-refractivity contribution in [1.82, 2.24) is 20.5 Å². The molecule has 2 aromatic heterocycles. The van der Waals surface area contributed by atoms with Gasteiger partial charge in [0.25, 0.3) is 5.88 Å². The van der Waals surface area contributed by atoms with Crippen LogP contribution in [0, 0.1) is 5.82 Å². The molecule has 0 radical (unpaired) electrons. The highest BCUT2D eigenvalue weighted by Gasteiger charge is 2.23. The molecule has 2 heterocycles. The van der Waals surface area contributed by atoms with E-state index >= 15 is 0 Å². The molecule has 0 aliphatic heterocycles. The Morgan fingerprint density at radius 3 is 2.46 bits per heavy atom. The van der Waals surface area contributed by atoms with Gasteiger partial charge in [0.15, 0.2) is 5.82 Å². The van der Waals surface area contributed by atoms with Crippen LogP contribution in [-0.4, -0.2) is 44.0 Å². The van der Waals surface area contributed by atoms with E-state index in [1.807, 2.05) is 42.5 Å². The maximum absolute atomic E-state index is 15.0. The van der Waals surface area contributed by atoms with Crippen LogP contribution in [0.3, 0.4) is 0 Å². The fraction of sp³-hybridized carbons (Fsp3) is 0.241. The lowest BCUT2D eigenvalue weighted by Crippen LogP contribution is -2.41. The largest absolute Gasteiger partial charge is 0.481 e. The summed E-state index contributed by atoms with van der Waals surface area (Å²) in [7, 11) is 0. The van der Waals surface area contributed by atoms with Gasteiger partial charge in [0.05, 0.1) is 12.1 Å². The van der Waals surface area contributed by atoms with Crippen molar-refractivity contribution < 1.29 is 28.6 Å².